The highest BCUT2D eigenvalue weighted by atomic mass is 16.6. The molecule has 0 fully saturated rings. The molecule has 6 nitrogen and oxygen atoms in total. The Bertz CT molecular complexity index is 820. The largest absolute Gasteiger partial charge is 0.493 e. The van der Waals surface area contributed by atoms with Crippen LogP contribution in [0.4, 0.5) is 0 Å². The van der Waals surface area contributed by atoms with Crippen molar-refractivity contribution in [3.8, 4) is 11.5 Å². The van der Waals surface area contributed by atoms with E-state index in [1.165, 1.54) is 0 Å². The number of hydrogen-bond donors (Lipinski definition) is 0. The number of benzene rings is 2. The lowest BCUT2D eigenvalue weighted by molar-refractivity contribution is -0.123. The van der Waals surface area contributed by atoms with Crippen LogP contribution in [-0.2, 0) is 16.1 Å². The average Bonchev–Trinajstić information content (AvgIpc) is 3.22. The Labute approximate surface area is 159 Å². The minimum Gasteiger partial charge on any atom is -0.493 e. The van der Waals surface area contributed by atoms with Gasteiger partial charge in [-0.15, -0.1) is 0 Å². The van der Waals surface area contributed by atoms with Crippen molar-refractivity contribution in [2.75, 3.05) is 27.8 Å². The summed E-state index contributed by atoms with van der Waals surface area (Å²) in [6.45, 7) is 0.573. The standard InChI is InChI=1S/C21H24N2O4/c1-23(12-11-15-9-10-18(25-2)20(13-15)26-3)21(24)17-14-19(27-22-17)16-7-5-4-6-8-16/h4-10,13,19H,11-12,14H2,1-3H3. The topological polar surface area (TPSA) is 60.4 Å². The summed E-state index contributed by atoms with van der Waals surface area (Å²) in [5.74, 6) is 1.27. The van der Waals surface area contributed by atoms with E-state index in [4.69, 9.17) is 14.3 Å². The maximum absolute atomic E-state index is 12.6. The number of hydrogen-bond acceptors (Lipinski definition) is 5. The van der Waals surface area contributed by atoms with Crippen molar-refractivity contribution in [2.45, 2.75) is 18.9 Å². The van der Waals surface area contributed by atoms with Crippen molar-refractivity contribution < 1.29 is 19.1 Å². The molecule has 27 heavy (non-hydrogen) atoms. The Morgan fingerprint density at radius 1 is 1.15 bits per heavy atom. The quantitative estimate of drug-likeness (QED) is 0.753. The second-order valence-corrected chi connectivity index (χ2v) is 6.41. The van der Waals surface area contributed by atoms with Gasteiger partial charge >= 0.3 is 0 Å². The van der Waals surface area contributed by atoms with E-state index in [1.54, 1.807) is 26.2 Å². The summed E-state index contributed by atoms with van der Waals surface area (Å²) in [4.78, 5) is 19.8. The number of rotatable bonds is 7. The van der Waals surface area contributed by atoms with Crippen LogP contribution in [0.3, 0.4) is 0 Å². The maximum Gasteiger partial charge on any atom is 0.271 e. The van der Waals surface area contributed by atoms with Gasteiger partial charge in [-0.05, 0) is 29.7 Å². The number of carbonyl (C=O) groups is 1. The number of ether oxygens (including phenoxy) is 2. The van der Waals surface area contributed by atoms with Gasteiger partial charge < -0.3 is 19.2 Å². The second kappa shape index (κ2) is 8.58. The molecule has 1 heterocycles. The molecule has 0 N–H and O–H groups in total. The van der Waals surface area contributed by atoms with Crippen molar-refractivity contribution >= 4 is 11.6 Å². The van der Waals surface area contributed by atoms with Crippen molar-refractivity contribution in [2.24, 2.45) is 5.16 Å². The van der Waals surface area contributed by atoms with Crippen molar-refractivity contribution in [1.29, 1.82) is 0 Å². The van der Waals surface area contributed by atoms with E-state index in [2.05, 4.69) is 5.16 Å². The summed E-state index contributed by atoms with van der Waals surface area (Å²) in [6.07, 6.45) is 1.01. The Kier molecular flexibility index (Phi) is 5.96. The lowest BCUT2D eigenvalue weighted by Gasteiger charge is -2.17. The molecule has 0 saturated heterocycles. The molecule has 1 aliphatic rings. The van der Waals surface area contributed by atoms with E-state index in [0.717, 1.165) is 11.1 Å². The van der Waals surface area contributed by atoms with E-state index in [-0.39, 0.29) is 12.0 Å². The monoisotopic (exact) mass is 368 g/mol. The molecule has 142 valence electrons. The highest BCUT2D eigenvalue weighted by molar-refractivity contribution is 6.39. The first-order valence-corrected chi connectivity index (χ1v) is 8.86. The zero-order valence-corrected chi connectivity index (χ0v) is 15.8. The van der Waals surface area contributed by atoms with Gasteiger partial charge in [0.2, 0.25) is 0 Å². The molecular weight excluding hydrogens is 344 g/mol. The summed E-state index contributed by atoms with van der Waals surface area (Å²) < 4.78 is 10.6. The van der Waals surface area contributed by atoms with Crippen LogP contribution in [0, 0.1) is 0 Å². The fourth-order valence-electron chi connectivity index (χ4n) is 3.00. The number of methoxy groups -OCH3 is 2. The Morgan fingerprint density at radius 2 is 1.89 bits per heavy atom. The smallest absolute Gasteiger partial charge is 0.271 e. The Hall–Kier alpha value is -3.02. The molecule has 2 aromatic rings. The zero-order valence-electron chi connectivity index (χ0n) is 15.8. The minimum absolute atomic E-state index is 0.103. The van der Waals surface area contributed by atoms with Gasteiger partial charge in [0.25, 0.3) is 5.91 Å². The molecular formula is C21H24N2O4. The van der Waals surface area contributed by atoms with E-state index in [0.29, 0.717) is 36.6 Å². The van der Waals surface area contributed by atoms with Crippen LogP contribution in [0.15, 0.2) is 53.7 Å². The number of carbonyl (C=O) groups excluding carboxylic acids is 1. The Balaban J connectivity index is 1.55. The number of oxime groups is 1. The second-order valence-electron chi connectivity index (χ2n) is 6.41. The van der Waals surface area contributed by atoms with Crippen LogP contribution in [-0.4, -0.2) is 44.3 Å². The van der Waals surface area contributed by atoms with Gasteiger partial charge in [0.15, 0.2) is 17.6 Å². The highest BCUT2D eigenvalue weighted by Crippen LogP contribution is 2.29. The van der Waals surface area contributed by atoms with Crippen LogP contribution in [0.1, 0.15) is 23.7 Å². The van der Waals surface area contributed by atoms with Gasteiger partial charge in [0.05, 0.1) is 14.2 Å². The SMILES string of the molecule is COc1ccc(CCN(C)C(=O)C2=NOC(c3ccccc3)C2)cc1OC. The summed E-state index contributed by atoms with van der Waals surface area (Å²) in [6, 6.07) is 15.6. The molecule has 6 heteroatoms. The lowest BCUT2D eigenvalue weighted by Crippen LogP contribution is -2.34. The molecule has 0 aromatic heterocycles. The van der Waals surface area contributed by atoms with Crippen LogP contribution in [0.2, 0.25) is 0 Å². The predicted molar refractivity (Wildman–Crippen MR) is 103 cm³/mol. The molecule has 0 radical (unpaired) electrons. The Morgan fingerprint density at radius 3 is 2.59 bits per heavy atom. The molecule has 0 aliphatic carbocycles. The molecule has 0 saturated carbocycles. The highest BCUT2D eigenvalue weighted by Gasteiger charge is 2.28. The molecule has 2 aromatic carbocycles. The summed E-state index contributed by atoms with van der Waals surface area (Å²) in [7, 11) is 5.00. The van der Waals surface area contributed by atoms with Crippen molar-refractivity contribution in [3.05, 3.63) is 59.7 Å². The number of amides is 1. The van der Waals surface area contributed by atoms with Crippen LogP contribution < -0.4 is 9.47 Å². The summed E-state index contributed by atoms with van der Waals surface area (Å²) in [5, 5.41) is 4.01. The number of nitrogens with zero attached hydrogens (tertiary/aromatic N) is 2. The van der Waals surface area contributed by atoms with Crippen molar-refractivity contribution in [1.82, 2.24) is 4.90 Å². The van der Waals surface area contributed by atoms with Gasteiger partial charge in [0.1, 0.15) is 5.71 Å². The fourth-order valence-corrected chi connectivity index (χ4v) is 3.00. The fraction of sp³-hybridized carbons (Fsp3) is 0.333. The van der Waals surface area contributed by atoms with E-state index in [1.807, 2.05) is 48.5 Å². The first kappa shape index (κ1) is 18.8. The molecule has 3 rings (SSSR count). The van der Waals surface area contributed by atoms with Crippen LogP contribution >= 0.6 is 0 Å². The molecule has 1 unspecified atom stereocenters. The first-order valence-electron chi connectivity index (χ1n) is 8.86. The van der Waals surface area contributed by atoms with Crippen molar-refractivity contribution in [3.63, 3.8) is 0 Å². The number of likely N-dealkylation sites (N-methyl/N-ethyl adjacent to an activating group) is 1. The average molecular weight is 368 g/mol. The maximum atomic E-state index is 12.6. The van der Waals surface area contributed by atoms with E-state index in [9.17, 15) is 4.79 Å². The molecule has 0 spiro atoms. The minimum atomic E-state index is -0.190. The molecule has 1 atom stereocenters. The third kappa shape index (κ3) is 4.39. The lowest BCUT2D eigenvalue weighted by atomic mass is 10.0. The molecule has 0 bridgehead atoms. The molecule has 1 aliphatic heterocycles. The van der Waals surface area contributed by atoms with Gasteiger partial charge in [-0.1, -0.05) is 41.6 Å². The zero-order chi connectivity index (χ0) is 19.2. The first-order chi connectivity index (χ1) is 13.1. The summed E-state index contributed by atoms with van der Waals surface area (Å²) in [5.41, 5.74) is 2.55. The van der Waals surface area contributed by atoms with Gasteiger partial charge in [0, 0.05) is 20.0 Å². The van der Waals surface area contributed by atoms with E-state index < -0.39 is 0 Å². The van der Waals surface area contributed by atoms with Crippen LogP contribution in [0.5, 0.6) is 11.5 Å². The normalized spacial score (nSPS) is 15.7. The predicted octanol–water partition coefficient (Wildman–Crippen LogP) is 3.22. The van der Waals surface area contributed by atoms with Gasteiger partial charge in [-0.2, -0.15) is 0 Å². The van der Waals surface area contributed by atoms with E-state index >= 15 is 0 Å². The third-order valence-corrected chi connectivity index (χ3v) is 4.62. The van der Waals surface area contributed by atoms with Gasteiger partial charge in [-0.3, -0.25) is 4.79 Å². The van der Waals surface area contributed by atoms with Crippen LogP contribution in [0.25, 0.3) is 0 Å². The van der Waals surface area contributed by atoms with Gasteiger partial charge in [-0.25, -0.2) is 0 Å². The third-order valence-electron chi connectivity index (χ3n) is 4.62. The molecule has 1 amide bonds. The summed E-state index contributed by atoms with van der Waals surface area (Å²) >= 11 is 0.